The Bertz CT molecular complexity index is 419. The van der Waals surface area contributed by atoms with Crippen molar-refractivity contribution in [3.05, 3.63) is 22.7 Å². The number of hydrogen-bond donors (Lipinski definition) is 1. The van der Waals surface area contributed by atoms with Crippen molar-refractivity contribution in [1.29, 1.82) is 0 Å². The van der Waals surface area contributed by atoms with E-state index in [0.717, 1.165) is 19.6 Å². The highest BCUT2D eigenvalue weighted by atomic mass is 35.5. The van der Waals surface area contributed by atoms with Crippen molar-refractivity contribution < 1.29 is 14.6 Å². The molecular weight excluding hydrogens is 266 g/mol. The molecule has 5 heteroatoms. The van der Waals surface area contributed by atoms with Gasteiger partial charge in [0.05, 0.1) is 18.7 Å². The first-order valence-electron chi connectivity index (χ1n) is 6.57. The minimum absolute atomic E-state index is 0.0653. The van der Waals surface area contributed by atoms with Gasteiger partial charge in [0.1, 0.15) is 6.61 Å². The highest BCUT2D eigenvalue weighted by Crippen LogP contribution is 2.36. The highest BCUT2D eigenvalue weighted by molar-refractivity contribution is 6.32. The number of halogens is 1. The molecule has 1 saturated heterocycles. The number of aliphatic hydroxyl groups excluding tert-OH is 1. The summed E-state index contributed by atoms with van der Waals surface area (Å²) in [5, 5.41) is 9.61. The minimum Gasteiger partial charge on any atom is -0.493 e. The van der Waals surface area contributed by atoms with E-state index in [1.165, 1.54) is 12.8 Å². The van der Waals surface area contributed by atoms with Crippen molar-refractivity contribution in [3.8, 4) is 11.5 Å². The van der Waals surface area contributed by atoms with Gasteiger partial charge in [-0.15, -0.1) is 0 Å². The molecule has 106 valence electrons. The Morgan fingerprint density at radius 1 is 1.32 bits per heavy atom. The summed E-state index contributed by atoms with van der Waals surface area (Å²) in [5.74, 6) is 1.12. The van der Waals surface area contributed by atoms with Gasteiger partial charge in [-0.25, -0.2) is 0 Å². The predicted octanol–water partition coefficient (Wildman–Crippen LogP) is 2.32. The highest BCUT2D eigenvalue weighted by Gasteiger charge is 2.14. The van der Waals surface area contributed by atoms with Crippen LogP contribution >= 0.6 is 11.6 Å². The maximum atomic E-state index is 9.13. The summed E-state index contributed by atoms with van der Waals surface area (Å²) in [6, 6.07) is 3.45. The Balaban J connectivity index is 1.98. The van der Waals surface area contributed by atoms with E-state index in [1.54, 1.807) is 19.2 Å². The summed E-state index contributed by atoms with van der Waals surface area (Å²) >= 11 is 6.16. The van der Waals surface area contributed by atoms with Crippen LogP contribution in [-0.2, 0) is 6.61 Å². The molecule has 0 bridgehead atoms. The molecule has 0 unspecified atom stereocenters. The first-order valence-corrected chi connectivity index (χ1v) is 6.95. The largest absolute Gasteiger partial charge is 0.493 e. The summed E-state index contributed by atoms with van der Waals surface area (Å²) in [6.07, 6.45) is 2.55. The van der Waals surface area contributed by atoms with Crippen LogP contribution in [0.25, 0.3) is 0 Å². The molecule has 0 radical (unpaired) electrons. The Morgan fingerprint density at radius 2 is 2.05 bits per heavy atom. The third-order valence-corrected chi connectivity index (χ3v) is 3.61. The van der Waals surface area contributed by atoms with E-state index >= 15 is 0 Å². The van der Waals surface area contributed by atoms with Gasteiger partial charge in [-0.2, -0.15) is 0 Å². The second-order valence-corrected chi connectivity index (χ2v) is 5.07. The number of benzene rings is 1. The minimum atomic E-state index is -0.0653. The van der Waals surface area contributed by atoms with E-state index < -0.39 is 0 Å². The summed E-state index contributed by atoms with van der Waals surface area (Å²) in [5.41, 5.74) is 0.716. The molecule has 19 heavy (non-hydrogen) atoms. The fourth-order valence-electron chi connectivity index (χ4n) is 2.29. The number of hydrogen-bond acceptors (Lipinski definition) is 4. The molecule has 4 nitrogen and oxygen atoms in total. The number of rotatable bonds is 6. The summed E-state index contributed by atoms with van der Waals surface area (Å²) < 4.78 is 11.0. The van der Waals surface area contributed by atoms with Crippen LogP contribution in [0, 0.1) is 0 Å². The molecule has 0 aromatic heterocycles. The molecule has 1 aromatic carbocycles. The van der Waals surface area contributed by atoms with Crippen molar-refractivity contribution in [2.24, 2.45) is 0 Å². The van der Waals surface area contributed by atoms with E-state index in [4.69, 9.17) is 26.2 Å². The van der Waals surface area contributed by atoms with Crippen LogP contribution in [0.15, 0.2) is 12.1 Å². The Kier molecular flexibility index (Phi) is 5.31. The lowest BCUT2D eigenvalue weighted by molar-refractivity contribution is 0.230. The monoisotopic (exact) mass is 285 g/mol. The summed E-state index contributed by atoms with van der Waals surface area (Å²) in [4.78, 5) is 2.38. The van der Waals surface area contributed by atoms with E-state index in [2.05, 4.69) is 4.90 Å². The van der Waals surface area contributed by atoms with Crippen molar-refractivity contribution in [3.63, 3.8) is 0 Å². The molecule has 2 rings (SSSR count). The Morgan fingerprint density at radius 3 is 2.68 bits per heavy atom. The number of likely N-dealkylation sites (tertiary alicyclic amines) is 1. The average molecular weight is 286 g/mol. The second-order valence-electron chi connectivity index (χ2n) is 4.66. The lowest BCUT2D eigenvalue weighted by Crippen LogP contribution is -2.25. The third-order valence-electron chi connectivity index (χ3n) is 3.32. The standard InChI is InChI=1S/C14H20ClNO3/c1-18-13-9-11(10-17)8-12(15)14(13)19-7-6-16-4-2-3-5-16/h8-9,17H,2-7,10H2,1H3. The first kappa shape index (κ1) is 14.4. The van der Waals surface area contributed by atoms with Crippen LogP contribution in [0.2, 0.25) is 5.02 Å². The summed E-state index contributed by atoms with van der Waals surface area (Å²) in [6.45, 7) is 3.73. The van der Waals surface area contributed by atoms with Gasteiger partial charge in [0.15, 0.2) is 11.5 Å². The molecule has 1 N–H and O–H groups in total. The van der Waals surface area contributed by atoms with Crippen LogP contribution in [0.1, 0.15) is 18.4 Å². The Hall–Kier alpha value is -0.970. The third kappa shape index (κ3) is 3.75. The van der Waals surface area contributed by atoms with Crippen molar-refractivity contribution in [1.82, 2.24) is 4.90 Å². The zero-order valence-corrected chi connectivity index (χ0v) is 11.9. The van der Waals surface area contributed by atoms with E-state index in [0.29, 0.717) is 28.7 Å². The molecule has 0 saturated carbocycles. The smallest absolute Gasteiger partial charge is 0.179 e. The van der Waals surface area contributed by atoms with Gasteiger partial charge < -0.3 is 14.6 Å². The lowest BCUT2D eigenvalue weighted by atomic mass is 10.2. The predicted molar refractivity (Wildman–Crippen MR) is 75.1 cm³/mol. The SMILES string of the molecule is COc1cc(CO)cc(Cl)c1OCCN1CCCC1. The van der Waals surface area contributed by atoms with E-state index in [-0.39, 0.29) is 6.61 Å². The number of ether oxygens (including phenoxy) is 2. The number of nitrogens with zero attached hydrogens (tertiary/aromatic N) is 1. The maximum absolute atomic E-state index is 9.13. The first-order chi connectivity index (χ1) is 9.24. The van der Waals surface area contributed by atoms with Gasteiger partial charge in [0, 0.05) is 6.54 Å². The van der Waals surface area contributed by atoms with Crippen molar-refractivity contribution in [2.75, 3.05) is 33.4 Å². The fraction of sp³-hybridized carbons (Fsp3) is 0.571. The second kappa shape index (κ2) is 6.98. The lowest BCUT2D eigenvalue weighted by Gasteiger charge is -2.17. The average Bonchev–Trinajstić information content (AvgIpc) is 2.93. The molecule has 0 aliphatic carbocycles. The zero-order chi connectivity index (χ0) is 13.7. The summed E-state index contributed by atoms with van der Waals surface area (Å²) in [7, 11) is 1.57. The van der Waals surface area contributed by atoms with Crippen molar-refractivity contribution >= 4 is 11.6 Å². The molecule has 0 amide bonds. The molecule has 0 atom stereocenters. The van der Waals surface area contributed by atoms with Crippen molar-refractivity contribution in [2.45, 2.75) is 19.4 Å². The van der Waals surface area contributed by atoms with Gasteiger partial charge in [-0.3, -0.25) is 4.90 Å². The van der Waals surface area contributed by atoms with Gasteiger partial charge >= 0.3 is 0 Å². The fourth-order valence-corrected chi connectivity index (χ4v) is 2.58. The van der Waals surface area contributed by atoms with E-state index in [1.807, 2.05) is 0 Å². The van der Waals surface area contributed by atoms with Gasteiger partial charge in [0.25, 0.3) is 0 Å². The van der Waals surface area contributed by atoms with Gasteiger partial charge in [-0.1, -0.05) is 11.6 Å². The zero-order valence-electron chi connectivity index (χ0n) is 11.2. The van der Waals surface area contributed by atoms with Crippen LogP contribution < -0.4 is 9.47 Å². The van der Waals surface area contributed by atoms with Gasteiger partial charge in [0.2, 0.25) is 0 Å². The topological polar surface area (TPSA) is 41.9 Å². The molecule has 1 aromatic rings. The quantitative estimate of drug-likeness (QED) is 0.871. The number of methoxy groups -OCH3 is 1. The van der Waals surface area contributed by atoms with Crippen LogP contribution in [0.5, 0.6) is 11.5 Å². The molecule has 0 spiro atoms. The Labute approximate surface area is 118 Å². The van der Waals surface area contributed by atoms with Gasteiger partial charge in [-0.05, 0) is 43.6 Å². The molecule has 1 fully saturated rings. The molecular formula is C14H20ClNO3. The van der Waals surface area contributed by atoms with Crippen LogP contribution in [0.4, 0.5) is 0 Å². The number of aliphatic hydroxyl groups is 1. The van der Waals surface area contributed by atoms with Crippen LogP contribution in [0.3, 0.4) is 0 Å². The normalized spacial score (nSPS) is 15.7. The molecule has 1 heterocycles. The molecule has 1 aliphatic heterocycles. The molecule has 1 aliphatic rings. The maximum Gasteiger partial charge on any atom is 0.179 e. The van der Waals surface area contributed by atoms with E-state index in [9.17, 15) is 0 Å². The van der Waals surface area contributed by atoms with Crippen LogP contribution in [-0.4, -0.2) is 43.4 Å².